The highest BCUT2D eigenvalue weighted by atomic mass is 32.2. The smallest absolute Gasteiger partial charge is 0.323 e. The zero-order valence-corrected chi connectivity index (χ0v) is 10.1. The number of nitrogens with two attached hydrogens (primary N) is 1. The summed E-state index contributed by atoms with van der Waals surface area (Å²) < 4.78 is 4.79. The summed E-state index contributed by atoms with van der Waals surface area (Å²) in [6.07, 6.45) is 0. The first-order chi connectivity index (χ1) is 7.63. The van der Waals surface area contributed by atoms with Gasteiger partial charge in [-0.05, 0) is 12.1 Å². The largest absolute Gasteiger partial charge is 0.465 e. The van der Waals surface area contributed by atoms with Crippen molar-refractivity contribution in [3.8, 4) is 0 Å². The second-order valence-corrected chi connectivity index (χ2v) is 4.10. The van der Waals surface area contributed by atoms with Crippen LogP contribution in [-0.4, -0.2) is 44.6 Å². The number of aromatic nitrogens is 4. The summed E-state index contributed by atoms with van der Waals surface area (Å²) in [6.45, 7) is 2.10. The van der Waals surface area contributed by atoms with Crippen LogP contribution < -0.4 is 5.73 Å². The third-order valence-electron chi connectivity index (χ3n) is 1.67. The first-order valence-electron chi connectivity index (χ1n) is 4.86. The van der Waals surface area contributed by atoms with Gasteiger partial charge < -0.3 is 10.5 Å². The third kappa shape index (κ3) is 4.15. The van der Waals surface area contributed by atoms with Gasteiger partial charge in [-0.2, -0.15) is 16.6 Å². The number of thioether (sulfide) groups is 1. The maximum Gasteiger partial charge on any atom is 0.323 e. The highest BCUT2D eigenvalue weighted by Crippen LogP contribution is 2.08. The van der Waals surface area contributed by atoms with Gasteiger partial charge in [-0.25, -0.2) is 0 Å². The molecule has 1 unspecified atom stereocenters. The number of carbonyl (C=O) groups is 1. The summed E-state index contributed by atoms with van der Waals surface area (Å²) in [6, 6.07) is -0.596. The van der Waals surface area contributed by atoms with Crippen LogP contribution in [0.2, 0.25) is 0 Å². The molecule has 90 valence electrons. The molecule has 7 nitrogen and oxygen atoms in total. The fraction of sp³-hybridized carbons (Fsp3) is 0.750. The Morgan fingerprint density at radius 1 is 1.69 bits per heavy atom. The van der Waals surface area contributed by atoms with Crippen molar-refractivity contribution in [2.24, 2.45) is 12.8 Å². The number of ether oxygens (including phenoxy) is 1. The van der Waals surface area contributed by atoms with Gasteiger partial charge in [-0.1, -0.05) is 0 Å². The van der Waals surface area contributed by atoms with Gasteiger partial charge in [0.05, 0.1) is 19.4 Å². The Kier molecular flexibility index (Phi) is 5.20. The number of hydrogen-bond donors (Lipinski definition) is 1. The number of aryl methyl sites for hydroxylation is 1. The summed E-state index contributed by atoms with van der Waals surface area (Å²) in [5, 5.41) is 11.5. The van der Waals surface area contributed by atoms with Crippen LogP contribution in [0.5, 0.6) is 0 Å². The summed E-state index contributed by atoms with van der Waals surface area (Å²) >= 11 is 1.48. The maximum absolute atomic E-state index is 11.2. The fourth-order valence-corrected chi connectivity index (χ4v) is 1.78. The molecule has 1 aromatic rings. The van der Waals surface area contributed by atoms with Crippen molar-refractivity contribution in [2.75, 3.05) is 12.4 Å². The van der Waals surface area contributed by atoms with Crippen molar-refractivity contribution in [1.82, 2.24) is 20.2 Å². The van der Waals surface area contributed by atoms with Crippen LogP contribution in [0.4, 0.5) is 0 Å². The zero-order valence-electron chi connectivity index (χ0n) is 9.29. The minimum atomic E-state index is -0.596. The Hall–Kier alpha value is -1.15. The molecular weight excluding hydrogens is 230 g/mol. The van der Waals surface area contributed by atoms with Crippen molar-refractivity contribution in [3.63, 3.8) is 0 Å². The molecule has 0 radical (unpaired) electrons. The van der Waals surface area contributed by atoms with Gasteiger partial charge in [0.15, 0.2) is 5.82 Å². The minimum absolute atomic E-state index is 0.350. The van der Waals surface area contributed by atoms with Gasteiger partial charge in [-0.15, -0.1) is 10.2 Å². The summed E-state index contributed by atoms with van der Waals surface area (Å²) in [5.74, 6) is 1.32. The number of esters is 1. The SMILES string of the molecule is CCOC(=O)C(N)CSCc1nnn(C)n1. The zero-order chi connectivity index (χ0) is 12.0. The molecule has 0 saturated carbocycles. The standard InChI is InChI=1S/C8H15N5O2S/c1-3-15-8(14)6(9)4-16-5-7-10-12-13(2)11-7/h6H,3-5,9H2,1-2H3. The van der Waals surface area contributed by atoms with Crippen LogP contribution in [0.15, 0.2) is 0 Å². The van der Waals surface area contributed by atoms with Gasteiger partial charge in [0.2, 0.25) is 0 Å². The topological polar surface area (TPSA) is 95.9 Å². The van der Waals surface area contributed by atoms with E-state index >= 15 is 0 Å². The quantitative estimate of drug-likeness (QED) is 0.664. The lowest BCUT2D eigenvalue weighted by molar-refractivity contribution is -0.144. The Balaban J connectivity index is 2.22. The van der Waals surface area contributed by atoms with E-state index < -0.39 is 6.04 Å². The number of nitrogens with zero attached hydrogens (tertiary/aromatic N) is 4. The van der Waals surface area contributed by atoms with Crippen LogP contribution in [-0.2, 0) is 22.3 Å². The third-order valence-corrected chi connectivity index (χ3v) is 2.72. The highest BCUT2D eigenvalue weighted by Gasteiger charge is 2.14. The van der Waals surface area contributed by atoms with Crippen LogP contribution in [0.3, 0.4) is 0 Å². The molecule has 0 aliphatic rings. The molecular formula is C8H15N5O2S. The predicted octanol–water partition coefficient (Wildman–Crippen LogP) is -0.666. The van der Waals surface area contributed by atoms with Crippen molar-refractivity contribution in [1.29, 1.82) is 0 Å². The van der Waals surface area contributed by atoms with E-state index in [1.54, 1.807) is 14.0 Å². The Labute approximate surface area is 97.7 Å². The van der Waals surface area contributed by atoms with Gasteiger partial charge in [0.25, 0.3) is 0 Å². The molecule has 0 aliphatic carbocycles. The van der Waals surface area contributed by atoms with E-state index in [1.807, 2.05) is 0 Å². The second-order valence-electron chi connectivity index (χ2n) is 3.07. The number of tetrazole rings is 1. The summed E-state index contributed by atoms with van der Waals surface area (Å²) in [4.78, 5) is 12.6. The number of rotatable bonds is 6. The van der Waals surface area contributed by atoms with E-state index in [4.69, 9.17) is 10.5 Å². The van der Waals surface area contributed by atoms with Gasteiger partial charge in [-0.3, -0.25) is 4.79 Å². The lowest BCUT2D eigenvalue weighted by atomic mass is 10.4. The van der Waals surface area contributed by atoms with E-state index in [1.165, 1.54) is 16.6 Å². The fourth-order valence-electron chi connectivity index (χ4n) is 0.976. The molecule has 8 heteroatoms. The minimum Gasteiger partial charge on any atom is -0.465 e. The van der Waals surface area contributed by atoms with Crippen molar-refractivity contribution < 1.29 is 9.53 Å². The predicted molar refractivity (Wildman–Crippen MR) is 59.6 cm³/mol. The molecule has 2 N–H and O–H groups in total. The van der Waals surface area contributed by atoms with E-state index in [-0.39, 0.29) is 5.97 Å². The molecule has 0 saturated heterocycles. The molecule has 1 heterocycles. The molecule has 0 bridgehead atoms. The Morgan fingerprint density at radius 3 is 3.00 bits per heavy atom. The van der Waals surface area contributed by atoms with E-state index in [0.29, 0.717) is 23.9 Å². The molecule has 0 fully saturated rings. The van der Waals surface area contributed by atoms with Crippen LogP contribution >= 0.6 is 11.8 Å². The molecule has 0 spiro atoms. The van der Waals surface area contributed by atoms with Crippen molar-refractivity contribution >= 4 is 17.7 Å². The summed E-state index contributed by atoms with van der Waals surface area (Å²) in [5.41, 5.74) is 5.62. The van der Waals surface area contributed by atoms with Crippen molar-refractivity contribution in [2.45, 2.75) is 18.7 Å². The molecule has 1 rings (SSSR count). The van der Waals surface area contributed by atoms with Crippen molar-refractivity contribution in [3.05, 3.63) is 5.82 Å². The van der Waals surface area contributed by atoms with Crippen LogP contribution in [0.1, 0.15) is 12.7 Å². The van der Waals surface area contributed by atoms with Gasteiger partial charge in [0.1, 0.15) is 6.04 Å². The second kappa shape index (κ2) is 6.44. The highest BCUT2D eigenvalue weighted by molar-refractivity contribution is 7.98. The molecule has 0 amide bonds. The average molecular weight is 245 g/mol. The first kappa shape index (κ1) is 12.9. The van der Waals surface area contributed by atoms with E-state index in [0.717, 1.165) is 0 Å². The number of hydrogen-bond acceptors (Lipinski definition) is 7. The molecule has 0 aromatic carbocycles. The van der Waals surface area contributed by atoms with Gasteiger partial charge in [0, 0.05) is 5.75 Å². The Morgan fingerprint density at radius 2 is 2.44 bits per heavy atom. The molecule has 1 aromatic heterocycles. The summed E-state index contributed by atoms with van der Waals surface area (Å²) in [7, 11) is 1.70. The molecule has 1 atom stereocenters. The molecule has 16 heavy (non-hydrogen) atoms. The van der Waals surface area contributed by atoms with Crippen LogP contribution in [0.25, 0.3) is 0 Å². The van der Waals surface area contributed by atoms with Gasteiger partial charge >= 0.3 is 5.97 Å². The lowest BCUT2D eigenvalue weighted by Crippen LogP contribution is -2.34. The maximum atomic E-state index is 11.2. The average Bonchev–Trinajstić information content (AvgIpc) is 2.64. The normalized spacial score (nSPS) is 12.4. The van der Waals surface area contributed by atoms with E-state index in [9.17, 15) is 4.79 Å². The first-order valence-corrected chi connectivity index (χ1v) is 6.01. The lowest BCUT2D eigenvalue weighted by Gasteiger charge is -2.08. The Bertz CT molecular complexity index is 343. The monoisotopic (exact) mass is 245 g/mol. The van der Waals surface area contributed by atoms with E-state index in [2.05, 4.69) is 15.4 Å². The van der Waals surface area contributed by atoms with Crippen LogP contribution in [0, 0.1) is 0 Å². The molecule has 0 aliphatic heterocycles. The number of carbonyl (C=O) groups excluding carboxylic acids is 1.